The zero-order valence-corrected chi connectivity index (χ0v) is 17.2. The first-order valence-electron chi connectivity index (χ1n) is 10.7. The van der Waals surface area contributed by atoms with Gasteiger partial charge in [0.25, 0.3) is 5.91 Å². The highest BCUT2D eigenvalue weighted by atomic mass is 16.2. The van der Waals surface area contributed by atoms with Crippen molar-refractivity contribution in [1.82, 2.24) is 29.6 Å². The second kappa shape index (κ2) is 8.02. The molecule has 1 aliphatic heterocycles. The van der Waals surface area contributed by atoms with Crippen LogP contribution in [0.5, 0.6) is 0 Å². The van der Waals surface area contributed by atoms with Crippen LogP contribution < -0.4 is 10.2 Å². The lowest BCUT2D eigenvalue weighted by atomic mass is 10.2. The highest BCUT2D eigenvalue weighted by molar-refractivity contribution is 5.99. The maximum absolute atomic E-state index is 13.0. The van der Waals surface area contributed by atoms with Gasteiger partial charge in [-0.2, -0.15) is 0 Å². The summed E-state index contributed by atoms with van der Waals surface area (Å²) in [5.74, 6) is 2.21. The van der Waals surface area contributed by atoms with Gasteiger partial charge in [-0.05, 0) is 38.0 Å². The number of imidazole rings is 1. The van der Waals surface area contributed by atoms with Gasteiger partial charge < -0.3 is 14.6 Å². The number of nitrogens with zero attached hydrogens (tertiary/aromatic N) is 6. The SMILES string of the molecule is CC(CN1CCN(c2ncccn2)CC1)NC(=O)c1nc(C2CC2)n2ccccc12. The molecule has 1 atom stereocenters. The molecule has 1 unspecified atom stereocenters. The van der Waals surface area contributed by atoms with E-state index in [2.05, 4.69) is 36.4 Å². The number of piperazine rings is 1. The van der Waals surface area contributed by atoms with Crippen molar-refractivity contribution in [3.8, 4) is 0 Å². The molecule has 1 amide bonds. The summed E-state index contributed by atoms with van der Waals surface area (Å²) in [6, 6.07) is 7.81. The Morgan fingerprint density at radius 3 is 2.63 bits per heavy atom. The summed E-state index contributed by atoms with van der Waals surface area (Å²) >= 11 is 0. The standard InChI is InChI=1S/C22H27N7O/c1-16(15-27-11-13-28(14-12-27)22-23-8-4-9-24-22)25-21(30)19-18-5-2-3-10-29(18)20(26-19)17-6-7-17/h2-5,8-10,16-17H,6-7,11-15H2,1H3,(H,25,30). The molecule has 2 aliphatic rings. The summed E-state index contributed by atoms with van der Waals surface area (Å²) in [4.78, 5) is 30.9. The lowest BCUT2D eigenvalue weighted by Crippen LogP contribution is -2.51. The van der Waals surface area contributed by atoms with Gasteiger partial charge in [-0.25, -0.2) is 15.0 Å². The predicted molar refractivity (Wildman–Crippen MR) is 115 cm³/mol. The minimum atomic E-state index is -0.0885. The molecule has 1 saturated carbocycles. The van der Waals surface area contributed by atoms with Gasteiger partial charge in [0, 0.05) is 63.3 Å². The van der Waals surface area contributed by atoms with E-state index in [1.807, 2.05) is 30.5 Å². The van der Waals surface area contributed by atoms with Gasteiger partial charge in [-0.15, -0.1) is 0 Å². The second-order valence-electron chi connectivity index (χ2n) is 8.26. The van der Waals surface area contributed by atoms with Crippen LogP contribution >= 0.6 is 0 Å². The lowest BCUT2D eigenvalue weighted by Gasteiger charge is -2.35. The number of anilines is 1. The average Bonchev–Trinajstić information content (AvgIpc) is 3.54. The van der Waals surface area contributed by atoms with Crippen LogP contribution in [0, 0.1) is 0 Å². The van der Waals surface area contributed by atoms with Crippen molar-refractivity contribution in [3.63, 3.8) is 0 Å². The first-order valence-corrected chi connectivity index (χ1v) is 10.7. The number of pyridine rings is 1. The Hall–Kier alpha value is -3.00. The molecule has 8 heteroatoms. The maximum Gasteiger partial charge on any atom is 0.272 e. The molecule has 5 rings (SSSR count). The van der Waals surface area contributed by atoms with Crippen LogP contribution in [0.25, 0.3) is 5.52 Å². The Morgan fingerprint density at radius 1 is 1.13 bits per heavy atom. The first-order chi connectivity index (χ1) is 14.7. The van der Waals surface area contributed by atoms with Gasteiger partial charge in [0.05, 0.1) is 5.52 Å². The number of hydrogen-bond acceptors (Lipinski definition) is 6. The highest BCUT2D eigenvalue weighted by Crippen LogP contribution is 2.39. The quantitative estimate of drug-likeness (QED) is 0.675. The lowest BCUT2D eigenvalue weighted by molar-refractivity contribution is 0.0925. The van der Waals surface area contributed by atoms with Crippen LogP contribution in [0.2, 0.25) is 0 Å². The monoisotopic (exact) mass is 405 g/mol. The van der Waals surface area contributed by atoms with E-state index in [4.69, 9.17) is 4.98 Å². The van der Waals surface area contributed by atoms with Gasteiger partial charge in [-0.1, -0.05) is 6.07 Å². The number of amides is 1. The Balaban J connectivity index is 1.19. The largest absolute Gasteiger partial charge is 0.347 e. The van der Waals surface area contributed by atoms with Gasteiger partial charge in [0.15, 0.2) is 5.69 Å². The zero-order valence-electron chi connectivity index (χ0n) is 17.2. The summed E-state index contributed by atoms with van der Waals surface area (Å²) in [6.07, 6.45) is 7.88. The second-order valence-corrected chi connectivity index (χ2v) is 8.26. The number of rotatable bonds is 6. The summed E-state index contributed by atoms with van der Waals surface area (Å²) in [6.45, 7) is 6.51. The van der Waals surface area contributed by atoms with E-state index in [1.165, 1.54) is 0 Å². The topological polar surface area (TPSA) is 78.7 Å². The molecular weight excluding hydrogens is 378 g/mol. The van der Waals surface area contributed by atoms with Crippen LogP contribution in [0.3, 0.4) is 0 Å². The molecule has 0 bridgehead atoms. The van der Waals surface area contributed by atoms with Crippen molar-refractivity contribution in [2.75, 3.05) is 37.6 Å². The molecule has 1 saturated heterocycles. The number of nitrogens with one attached hydrogen (secondary N) is 1. The summed E-state index contributed by atoms with van der Waals surface area (Å²) in [5, 5.41) is 3.16. The summed E-state index contributed by atoms with van der Waals surface area (Å²) in [5.41, 5.74) is 1.43. The van der Waals surface area contributed by atoms with Gasteiger partial charge in [0.2, 0.25) is 5.95 Å². The fourth-order valence-electron chi connectivity index (χ4n) is 4.17. The first kappa shape index (κ1) is 19.0. The average molecular weight is 406 g/mol. The number of carbonyl (C=O) groups is 1. The van der Waals surface area contributed by atoms with Crippen molar-refractivity contribution in [2.24, 2.45) is 0 Å². The minimum Gasteiger partial charge on any atom is -0.347 e. The van der Waals surface area contributed by atoms with Gasteiger partial charge >= 0.3 is 0 Å². The molecule has 0 aromatic carbocycles. The third-order valence-electron chi connectivity index (χ3n) is 5.85. The minimum absolute atomic E-state index is 0.0434. The summed E-state index contributed by atoms with van der Waals surface area (Å²) in [7, 11) is 0. The Kier molecular flexibility index (Phi) is 5.08. The molecule has 156 valence electrons. The molecule has 0 spiro atoms. The molecule has 8 nitrogen and oxygen atoms in total. The molecule has 2 fully saturated rings. The summed E-state index contributed by atoms with van der Waals surface area (Å²) < 4.78 is 2.07. The predicted octanol–water partition coefficient (Wildman–Crippen LogP) is 1.94. The van der Waals surface area contributed by atoms with Crippen molar-refractivity contribution in [3.05, 3.63) is 54.4 Å². The van der Waals surface area contributed by atoms with Gasteiger partial charge in [-0.3, -0.25) is 9.69 Å². The van der Waals surface area contributed by atoms with E-state index in [0.29, 0.717) is 11.6 Å². The normalized spacial score (nSPS) is 18.5. The van der Waals surface area contributed by atoms with E-state index >= 15 is 0 Å². The Bertz CT molecular complexity index is 1020. The fraction of sp³-hybridized carbons (Fsp3) is 0.455. The van der Waals surface area contributed by atoms with E-state index < -0.39 is 0 Å². The third kappa shape index (κ3) is 3.87. The van der Waals surface area contributed by atoms with Crippen LogP contribution in [0.15, 0.2) is 42.9 Å². The van der Waals surface area contributed by atoms with Crippen molar-refractivity contribution in [1.29, 1.82) is 0 Å². The fourth-order valence-corrected chi connectivity index (χ4v) is 4.17. The molecular formula is C22H27N7O. The van der Waals surface area contributed by atoms with Crippen LogP contribution in [-0.2, 0) is 0 Å². The molecule has 1 N–H and O–H groups in total. The molecule has 3 aromatic heterocycles. The number of hydrogen-bond donors (Lipinski definition) is 1. The Morgan fingerprint density at radius 2 is 1.90 bits per heavy atom. The highest BCUT2D eigenvalue weighted by Gasteiger charge is 2.30. The van der Waals surface area contributed by atoms with E-state index in [0.717, 1.165) is 62.9 Å². The van der Waals surface area contributed by atoms with Crippen molar-refractivity contribution < 1.29 is 4.79 Å². The number of aromatic nitrogens is 4. The van der Waals surface area contributed by atoms with Crippen LogP contribution in [0.4, 0.5) is 5.95 Å². The third-order valence-corrected chi connectivity index (χ3v) is 5.85. The number of carbonyl (C=O) groups excluding carboxylic acids is 1. The van der Waals surface area contributed by atoms with Gasteiger partial charge in [0.1, 0.15) is 5.82 Å². The maximum atomic E-state index is 13.0. The Labute approximate surface area is 175 Å². The van der Waals surface area contributed by atoms with E-state index in [9.17, 15) is 4.79 Å². The van der Waals surface area contributed by atoms with Crippen LogP contribution in [-0.4, -0.2) is 68.9 Å². The molecule has 4 heterocycles. The van der Waals surface area contributed by atoms with E-state index in [1.54, 1.807) is 12.4 Å². The number of fused-ring (bicyclic) bond motifs is 1. The van der Waals surface area contributed by atoms with Crippen molar-refractivity contribution >= 4 is 17.4 Å². The molecule has 0 radical (unpaired) electrons. The van der Waals surface area contributed by atoms with E-state index in [-0.39, 0.29) is 11.9 Å². The van der Waals surface area contributed by atoms with Crippen LogP contribution in [0.1, 0.15) is 42.0 Å². The van der Waals surface area contributed by atoms with Crippen molar-refractivity contribution in [2.45, 2.75) is 31.7 Å². The molecule has 30 heavy (non-hydrogen) atoms. The zero-order chi connectivity index (χ0) is 20.5. The molecule has 3 aromatic rings. The molecule has 1 aliphatic carbocycles. The smallest absolute Gasteiger partial charge is 0.272 e.